The van der Waals surface area contributed by atoms with Crippen molar-refractivity contribution in [1.82, 2.24) is 4.72 Å². The molecule has 8 heteroatoms. The van der Waals surface area contributed by atoms with Crippen LogP contribution in [0.4, 0.5) is 4.39 Å². The smallest absolute Gasteiger partial charge is 0.338 e. The van der Waals surface area contributed by atoms with E-state index in [-0.39, 0.29) is 11.1 Å². The van der Waals surface area contributed by atoms with Gasteiger partial charge in [0.25, 0.3) is 0 Å². The van der Waals surface area contributed by atoms with E-state index in [1.165, 1.54) is 0 Å². The molecule has 0 amide bonds. The zero-order valence-electron chi connectivity index (χ0n) is 11.7. The number of benzene rings is 1. The van der Waals surface area contributed by atoms with Gasteiger partial charge >= 0.3 is 5.97 Å². The Kier molecular flexibility index (Phi) is 6.12. The second-order valence-electron chi connectivity index (χ2n) is 4.59. The van der Waals surface area contributed by atoms with Crippen molar-refractivity contribution in [2.45, 2.75) is 44.0 Å². The van der Waals surface area contributed by atoms with Gasteiger partial charge in [-0.05, 0) is 25.0 Å². The Bertz CT molecular complexity index is 633. The number of carboxylic acids is 1. The van der Waals surface area contributed by atoms with Gasteiger partial charge in [-0.2, -0.15) is 0 Å². The number of halogens is 2. The largest absolute Gasteiger partial charge is 0.478 e. The SMILES string of the molecule is CCCC(CC)NS(=O)(=O)c1cc(Cl)cc(C(=O)O)c1F. The summed E-state index contributed by atoms with van der Waals surface area (Å²) in [6, 6.07) is 1.44. The van der Waals surface area contributed by atoms with E-state index in [1.54, 1.807) is 6.92 Å². The van der Waals surface area contributed by atoms with Crippen LogP contribution in [-0.2, 0) is 10.0 Å². The third kappa shape index (κ3) is 4.39. The van der Waals surface area contributed by atoms with E-state index >= 15 is 0 Å². The Morgan fingerprint density at radius 2 is 2.05 bits per heavy atom. The highest BCUT2D eigenvalue weighted by Crippen LogP contribution is 2.24. The molecule has 2 N–H and O–H groups in total. The zero-order valence-corrected chi connectivity index (χ0v) is 13.3. The lowest BCUT2D eigenvalue weighted by Gasteiger charge is -2.17. The first kappa shape index (κ1) is 17.9. The minimum atomic E-state index is -4.18. The van der Waals surface area contributed by atoms with Crippen molar-refractivity contribution in [3.8, 4) is 0 Å². The second-order valence-corrected chi connectivity index (χ2v) is 6.70. The quantitative estimate of drug-likeness (QED) is 0.801. The van der Waals surface area contributed by atoms with E-state index in [2.05, 4.69) is 4.72 Å². The summed E-state index contributed by atoms with van der Waals surface area (Å²) in [7, 11) is -4.18. The van der Waals surface area contributed by atoms with Crippen LogP contribution in [0.25, 0.3) is 0 Å². The molecule has 1 rings (SSSR count). The molecular formula is C13H17ClFNO4S. The van der Waals surface area contributed by atoms with Crippen molar-refractivity contribution in [3.63, 3.8) is 0 Å². The maximum absolute atomic E-state index is 14.1. The number of rotatable bonds is 7. The van der Waals surface area contributed by atoms with E-state index in [0.29, 0.717) is 12.8 Å². The fourth-order valence-electron chi connectivity index (χ4n) is 1.89. The van der Waals surface area contributed by atoms with Crippen molar-refractivity contribution in [2.24, 2.45) is 0 Å². The van der Waals surface area contributed by atoms with E-state index in [4.69, 9.17) is 16.7 Å². The number of nitrogens with one attached hydrogen (secondary N) is 1. The van der Waals surface area contributed by atoms with Crippen LogP contribution in [-0.4, -0.2) is 25.5 Å². The Labute approximate surface area is 128 Å². The first-order valence-electron chi connectivity index (χ1n) is 6.47. The average molecular weight is 338 g/mol. The number of carbonyl (C=O) groups is 1. The summed E-state index contributed by atoms with van der Waals surface area (Å²) in [5, 5.41) is 8.72. The zero-order chi connectivity index (χ0) is 16.2. The van der Waals surface area contributed by atoms with Gasteiger partial charge in [0.15, 0.2) is 5.82 Å². The van der Waals surface area contributed by atoms with Gasteiger partial charge in [-0.15, -0.1) is 0 Å². The summed E-state index contributed by atoms with van der Waals surface area (Å²) < 4.78 is 40.9. The van der Waals surface area contributed by atoms with Crippen LogP contribution in [0.1, 0.15) is 43.5 Å². The number of carboxylic acid groups (broad SMARTS) is 1. The average Bonchev–Trinajstić information content (AvgIpc) is 2.39. The lowest BCUT2D eigenvalue weighted by atomic mass is 10.1. The molecule has 1 aromatic carbocycles. The lowest BCUT2D eigenvalue weighted by Crippen LogP contribution is -2.35. The molecule has 1 aromatic rings. The predicted molar refractivity (Wildman–Crippen MR) is 77.7 cm³/mol. The standard InChI is InChI=1S/C13H17ClFNO4S/c1-3-5-9(4-2)16-21(19,20)11-7-8(14)6-10(12(11)15)13(17)18/h6-7,9,16H,3-5H2,1-2H3,(H,17,18). The summed E-state index contributed by atoms with van der Waals surface area (Å²) >= 11 is 5.68. The third-order valence-electron chi connectivity index (χ3n) is 2.98. The summed E-state index contributed by atoms with van der Waals surface area (Å²) in [5.74, 6) is -2.89. The van der Waals surface area contributed by atoms with Gasteiger partial charge in [0.2, 0.25) is 10.0 Å². The molecule has 1 atom stereocenters. The minimum Gasteiger partial charge on any atom is -0.478 e. The number of hydrogen-bond donors (Lipinski definition) is 2. The van der Waals surface area contributed by atoms with Crippen LogP contribution in [0.2, 0.25) is 5.02 Å². The number of hydrogen-bond acceptors (Lipinski definition) is 3. The first-order chi connectivity index (χ1) is 9.72. The molecule has 0 aromatic heterocycles. The third-order valence-corrected chi connectivity index (χ3v) is 4.71. The van der Waals surface area contributed by atoms with Crippen molar-refractivity contribution in [3.05, 3.63) is 28.5 Å². The van der Waals surface area contributed by atoms with E-state index in [0.717, 1.165) is 18.6 Å². The van der Waals surface area contributed by atoms with Gasteiger partial charge in [-0.3, -0.25) is 0 Å². The summed E-state index contributed by atoms with van der Waals surface area (Å²) in [6.07, 6.45) is 1.91. The highest BCUT2D eigenvalue weighted by molar-refractivity contribution is 7.89. The van der Waals surface area contributed by atoms with Crippen LogP contribution in [0.15, 0.2) is 17.0 Å². The van der Waals surface area contributed by atoms with Gasteiger partial charge < -0.3 is 5.11 Å². The second kappa shape index (κ2) is 7.20. The molecule has 0 spiro atoms. The summed E-state index contributed by atoms with van der Waals surface area (Å²) in [5.41, 5.74) is -0.772. The molecular weight excluding hydrogens is 321 g/mol. The Hall–Kier alpha value is -1.18. The monoisotopic (exact) mass is 337 g/mol. The van der Waals surface area contributed by atoms with Gasteiger partial charge in [0, 0.05) is 11.1 Å². The molecule has 0 heterocycles. The van der Waals surface area contributed by atoms with Crippen molar-refractivity contribution < 1.29 is 22.7 Å². The lowest BCUT2D eigenvalue weighted by molar-refractivity contribution is 0.0691. The molecule has 0 aliphatic carbocycles. The first-order valence-corrected chi connectivity index (χ1v) is 8.33. The Morgan fingerprint density at radius 3 is 2.52 bits per heavy atom. The maximum Gasteiger partial charge on any atom is 0.338 e. The topological polar surface area (TPSA) is 83.5 Å². The molecule has 1 unspecified atom stereocenters. The normalized spacial score (nSPS) is 13.1. The van der Waals surface area contributed by atoms with Gasteiger partial charge in [0.1, 0.15) is 4.90 Å². The molecule has 0 aliphatic rings. The predicted octanol–water partition coefficient (Wildman–Crippen LogP) is 3.03. The van der Waals surface area contributed by atoms with Crippen molar-refractivity contribution in [1.29, 1.82) is 0 Å². The minimum absolute atomic E-state index is 0.155. The number of aromatic carboxylic acids is 1. The van der Waals surface area contributed by atoms with Gasteiger partial charge in [0.05, 0.1) is 5.56 Å². The fraction of sp³-hybridized carbons (Fsp3) is 0.462. The molecule has 0 saturated carbocycles. The van der Waals surface area contributed by atoms with Crippen LogP contribution in [0.3, 0.4) is 0 Å². The van der Waals surface area contributed by atoms with Crippen molar-refractivity contribution in [2.75, 3.05) is 0 Å². The summed E-state index contributed by atoms with van der Waals surface area (Å²) in [4.78, 5) is 10.2. The molecule has 21 heavy (non-hydrogen) atoms. The molecule has 118 valence electrons. The Balaban J connectivity index is 3.28. The molecule has 0 bridgehead atoms. The molecule has 0 fully saturated rings. The number of sulfonamides is 1. The van der Waals surface area contributed by atoms with E-state index in [1.807, 2.05) is 6.92 Å². The highest BCUT2D eigenvalue weighted by Gasteiger charge is 2.26. The highest BCUT2D eigenvalue weighted by atomic mass is 35.5. The molecule has 5 nitrogen and oxygen atoms in total. The van der Waals surface area contributed by atoms with Gasteiger partial charge in [-0.1, -0.05) is 31.9 Å². The van der Waals surface area contributed by atoms with Crippen molar-refractivity contribution >= 4 is 27.6 Å². The van der Waals surface area contributed by atoms with E-state index < -0.39 is 32.3 Å². The summed E-state index contributed by atoms with van der Waals surface area (Å²) in [6.45, 7) is 3.71. The van der Waals surface area contributed by atoms with Crippen LogP contribution >= 0.6 is 11.6 Å². The Morgan fingerprint density at radius 1 is 1.43 bits per heavy atom. The molecule has 0 saturated heterocycles. The maximum atomic E-state index is 14.1. The fourth-order valence-corrected chi connectivity index (χ4v) is 3.65. The van der Waals surface area contributed by atoms with Crippen LogP contribution in [0.5, 0.6) is 0 Å². The van der Waals surface area contributed by atoms with Crippen LogP contribution < -0.4 is 4.72 Å². The molecule has 0 aliphatic heterocycles. The van der Waals surface area contributed by atoms with Crippen LogP contribution in [0, 0.1) is 5.82 Å². The molecule has 0 radical (unpaired) electrons. The van der Waals surface area contributed by atoms with E-state index in [9.17, 15) is 17.6 Å². The van der Waals surface area contributed by atoms with Gasteiger partial charge in [-0.25, -0.2) is 22.3 Å².